The van der Waals surface area contributed by atoms with Gasteiger partial charge in [-0.2, -0.15) is 13.2 Å². The van der Waals surface area contributed by atoms with Gasteiger partial charge in [0.25, 0.3) is 0 Å². The van der Waals surface area contributed by atoms with E-state index in [0.717, 1.165) is 31.5 Å². The number of halogens is 3. The minimum absolute atomic E-state index is 0.156. The van der Waals surface area contributed by atoms with E-state index in [2.05, 4.69) is 4.98 Å². The van der Waals surface area contributed by atoms with Crippen LogP contribution >= 0.6 is 0 Å². The predicted octanol–water partition coefficient (Wildman–Crippen LogP) is 2.49. The summed E-state index contributed by atoms with van der Waals surface area (Å²) in [4.78, 5) is 17.3. The summed E-state index contributed by atoms with van der Waals surface area (Å²) in [6.45, 7) is 0.968. The van der Waals surface area contributed by atoms with Crippen molar-refractivity contribution in [3.63, 3.8) is 0 Å². The summed E-state index contributed by atoms with van der Waals surface area (Å²) in [5.41, 5.74) is -0.801. The van der Waals surface area contributed by atoms with Gasteiger partial charge in [-0.15, -0.1) is 0 Å². The van der Waals surface area contributed by atoms with Gasteiger partial charge in [-0.25, -0.2) is 4.98 Å². The van der Waals surface area contributed by atoms with Crippen molar-refractivity contribution >= 4 is 5.91 Å². The van der Waals surface area contributed by atoms with Crippen molar-refractivity contribution in [2.24, 2.45) is 5.92 Å². The fraction of sp³-hybridized carbons (Fsp3) is 0.571. The van der Waals surface area contributed by atoms with Crippen LogP contribution in [0.5, 0.6) is 5.88 Å². The van der Waals surface area contributed by atoms with Gasteiger partial charge in [-0.1, -0.05) is 6.42 Å². The molecule has 0 atom stereocenters. The van der Waals surface area contributed by atoms with Crippen LogP contribution in [-0.2, 0) is 11.0 Å². The minimum Gasteiger partial charge on any atom is -0.471 e. The maximum Gasteiger partial charge on any atom is 0.417 e. The van der Waals surface area contributed by atoms with Gasteiger partial charge in [0.15, 0.2) is 0 Å². The first-order valence-corrected chi connectivity index (χ1v) is 6.92. The lowest BCUT2D eigenvalue weighted by atomic mass is 9.83. The molecule has 0 bridgehead atoms. The van der Waals surface area contributed by atoms with Crippen molar-refractivity contribution < 1.29 is 22.7 Å². The molecule has 0 N–H and O–H groups in total. The molecular weight excluding hydrogens is 285 g/mol. The summed E-state index contributed by atoms with van der Waals surface area (Å²) in [6, 6.07) is 2.15. The van der Waals surface area contributed by atoms with E-state index < -0.39 is 11.7 Å². The second-order valence-corrected chi connectivity index (χ2v) is 5.49. The molecule has 0 spiro atoms. The Morgan fingerprint density at radius 3 is 2.48 bits per heavy atom. The molecule has 3 rings (SSSR count). The van der Waals surface area contributed by atoms with Crippen LogP contribution in [0.1, 0.15) is 24.8 Å². The Kier molecular flexibility index (Phi) is 3.51. The molecule has 114 valence electrons. The first kappa shape index (κ1) is 14.2. The number of hydrogen-bond acceptors (Lipinski definition) is 3. The van der Waals surface area contributed by atoms with Crippen molar-refractivity contribution in [3.8, 4) is 5.88 Å². The van der Waals surface area contributed by atoms with Crippen LogP contribution in [-0.4, -0.2) is 35.0 Å². The quantitative estimate of drug-likeness (QED) is 0.861. The smallest absolute Gasteiger partial charge is 0.417 e. The molecule has 21 heavy (non-hydrogen) atoms. The second kappa shape index (κ2) is 5.20. The number of carbonyl (C=O) groups excluding carboxylic acids is 1. The summed E-state index contributed by atoms with van der Waals surface area (Å²) < 4.78 is 42.6. The van der Waals surface area contributed by atoms with E-state index >= 15 is 0 Å². The van der Waals surface area contributed by atoms with E-state index in [9.17, 15) is 18.0 Å². The standard InChI is InChI=1S/C14H15F3N2O2/c15-14(16,17)10-4-5-12(18-6-10)21-11-7-19(8-11)13(20)9-2-1-3-9/h4-6,9,11H,1-3,7-8H2. The van der Waals surface area contributed by atoms with Gasteiger partial charge in [0.1, 0.15) is 6.10 Å². The zero-order chi connectivity index (χ0) is 15.0. The predicted molar refractivity (Wildman–Crippen MR) is 67.6 cm³/mol. The molecule has 4 nitrogen and oxygen atoms in total. The average molecular weight is 300 g/mol. The highest BCUT2D eigenvalue weighted by Crippen LogP contribution is 2.31. The highest BCUT2D eigenvalue weighted by atomic mass is 19.4. The lowest BCUT2D eigenvalue weighted by Gasteiger charge is -2.42. The topological polar surface area (TPSA) is 42.4 Å². The largest absolute Gasteiger partial charge is 0.471 e. The lowest BCUT2D eigenvalue weighted by Crippen LogP contribution is -2.58. The first-order valence-electron chi connectivity index (χ1n) is 6.92. The molecule has 1 amide bonds. The zero-order valence-electron chi connectivity index (χ0n) is 11.3. The summed E-state index contributed by atoms with van der Waals surface area (Å²) >= 11 is 0. The molecule has 0 radical (unpaired) electrons. The number of amides is 1. The third-order valence-corrected chi connectivity index (χ3v) is 3.97. The molecule has 1 aliphatic heterocycles. The molecule has 1 aliphatic carbocycles. The van der Waals surface area contributed by atoms with Crippen molar-refractivity contribution in [2.75, 3.05) is 13.1 Å². The maximum absolute atomic E-state index is 12.4. The molecule has 2 aliphatic rings. The summed E-state index contributed by atoms with van der Waals surface area (Å²) in [7, 11) is 0. The number of ether oxygens (including phenoxy) is 1. The first-order chi connectivity index (χ1) is 9.93. The Hall–Kier alpha value is -1.79. The number of hydrogen-bond donors (Lipinski definition) is 0. The Morgan fingerprint density at radius 2 is 2.00 bits per heavy atom. The van der Waals surface area contributed by atoms with Crippen molar-refractivity contribution in [1.29, 1.82) is 0 Å². The van der Waals surface area contributed by atoms with Crippen LogP contribution in [0.25, 0.3) is 0 Å². The number of rotatable bonds is 3. The van der Waals surface area contributed by atoms with E-state index in [4.69, 9.17) is 4.74 Å². The van der Waals surface area contributed by atoms with E-state index in [1.807, 2.05) is 0 Å². The Balaban J connectivity index is 1.49. The summed E-state index contributed by atoms with van der Waals surface area (Å²) in [6.07, 6.45) is -0.792. The van der Waals surface area contributed by atoms with Gasteiger partial charge >= 0.3 is 6.18 Å². The molecule has 7 heteroatoms. The van der Waals surface area contributed by atoms with Crippen molar-refractivity contribution in [3.05, 3.63) is 23.9 Å². The highest BCUT2D eigenvalue weighted by molar-refractivity contribution is 5.80. The molecule has 0 unspecified atom stereocenters. The molecular formula is C14H15F3N2O2. The van der Waals surface area contributed by atoms with Crippen LogP contribution in [0.15, 0.2) is 18.3 Å². The molecule has 1 aromatic heterocycles. The van der Waals surface area contributed by atoms with Crippen LogP contribution in [0.4, 0.5) is 13.2 Å². The van der Waals surface area contributed by atoms with E-state index in [1.165, 1.54) is 6.07 Å². The van der Waals surface area contributed by atoms with Crippen LogP contribution in [0.3, 0.4) is 0 Å². The number of carbonyl (C=O) groups is 1. The van der Waals surface area contributed by atoms with E-state index in [-0.39, 0.29) is 23.8 Å². The fourth-order valence-corrected chi connectivity index (χ4v) is 2.39. The average Bonchev–Trinajstić information content (AvgIpc) is 2.30. The van der Waals surface area contributed by atoms with E-state index in [0.29, 0.717) is 13.1 Å². The highest BCUT2D eigenvalue weighted by Gasteiger charge is 2.38. The number of likely N-dealkylation sites (tertiary alicyclic amines) is 1. The number of aromatic nitrogens is 1. The normalized spacial score (nSPS) is 19.9. The third kappa shape index (κ3) is 2.96. The van der Waals surface area contributed by atoms with Gasteiger partial charge in [-0.05, 0) is 18.9 Å². The van der Waals surface area contributed by atoms with Gasteiger partial charge in [0.2, 0.25) is 11.8 Å². The molecule has 2 heterocycles. The van der Waals surface area contributed by atoms with Gasteiger partial charge in [0, 0.05) is 18.2 Å². The molecule has 0 aromatic carbocycles. The second-order valence-electron chi connectivity index (χ2n) is 5.49. The van der Waals surface area contributed by atoms with Crippen LogP contribution in [0, 0.1) is 5.92 Å². The molecule has 1 saturated heterocycles. The third-order valence-electron chi connectivity index (χ3n) is 3.97. The van der Waals surface area contributed by atoms with Crippen LogP contribution in [0.2, 0.25) is 0 Å². The Morgan fingerprint density at radius 1 is 1.29 bits per heavy atom. The SMILES string of the molecule is O=C(C1CCC1)N1CC(Oc2ccc(C(F)(F)F)cn2)C1. The van der Waals surface area contributed by atoms with Gasteiger partial charge in [0.05, 0.1) is 18.7 Å². The Bertz CT molecular complexity index is 520. The zero-order valence-corrected chi connectivity index (χ0v) is 11.3. The minimum atomic E-state index is -4.39. The lowest BCUT2D eigenvalue weighted by molar-refractivity contribution is -0.147. The Labute approximate surface area is 119 Å². The molecule has 1 saturated carbocycles. The van der Waals surface area contributed by atoms with Crippen LogP contribution < -0.4 is 4.74 Å². The monoisotopic (exact) mass is 300 g/mol. The van der Waals surface area contributed by atoms with Crippen molar-refractivity contribution in [1.82, 2.24) is 9.88 Å². The van der Waals surface area contributed by atoms with Crippen molar-refractivity contribution in [2.45, 2.75) is 31.5 Å². The number of nitrogens with zero attached hydrogens (tertiary/aromatic N) is 2. The van der Waals surface area contributed by atoms with Gasteiger partial charge in [-0.3, -0.25) is 4.79 Å². The van der Waals surface area contributed by atoms with E-state index in [1.54, 1.807) is 4.90 Å². The maximum atomic E-state index is 12.4. The number of alkyl halides is 3. The summed E-state index contributed by atoms with van der Waals surface area (Å²) in [5.74, 6) is 0.486. The molecule has 2 fully saturated rings. The summed E-state index contributed by atoms with van der Waals surface area (Å²) in [5, 5.41) is 0. The van der Waals surface area contributed by atoms with Gasteiger partial charge < -0.3 is 9.64 Å². The number of pyridine rings is 1. The fourth-order valence-electron chi connectivity index (χ4n) is 2.39. The molecule has 1 aromatic rings.